The van der Waals surface area contributed by atoms with Gasteiger partial charge in [0.05, 0.1) is 5.69 Å². The van der Waals surface area contributed by atoms with Gasteiger partial charge in [-0.15, -0.1) is 11.3 Å². The molecule has 1 heterocycles. The van der Waals surface area contributed by atoms with Gasteiger partial charge in [-0.2, -0.15) is 0 Å². The lowest BCUT2D eigenvalue weighted by Crippen LogP contribution is -2.05. The zero-order valence-corrected chi connectivity index (χ0v) is 6.36. The predicted molar refractivity (Wildman–Crippen MR) is 40.8 cm³/mol. The van der Waals surface area contributed by atoms with Gasteiger partial charge in [-0.05, 0) is 6.92 Å². The third-order valence-corrected chi connectivity index (χ3v) is 1.74. The van der Waals surface area contributed by atoms with E-state index in [9.17, 15) is 4.79 Å². The lowest BCUT2D eigenvalue weighted by molar-refractivity contribution is -0.112. The third kappa shape index (κ3) is 1.80. The predicted octanol–water partition coefficient (Wildman–Crippen LogP) is 1.22. The molecule has 3 nitrogen and oxygen atoms in total. The van der Waals surface area contributed by atoms with Gasteiger partial charge in [-0.1, -0.05) is 0 Å². The third-order valence-electron chi connectivity index (χ3n) is 0.865. The molecule has 0 aliphatic carbocycles. The van der Waals surface area contributed by atoms with Gasteiger partial charge in [0.1, 0.15) is 0 Å². The standard InChI is InChI=1S/C6H7N2OS/c1-4-3-10-6(7-4)8-5(2)9/h3H,2H2,1H3,(H,7,8,9). The lowest BCUT2D eigenvalue weighted by atomic mass is 10.6. The van der Waals surface area contributed by atoms with Crippen molar-refractivity contribution >= 4 is 22.4 Å². The van der Waals surface area contributed by atoms with E-state index in [2.05, 4.69) is 17.2 Å². The molecule has 0 aromatic carbocycles. The van der Waals surface area contributed by atoms with Crippen molar-refractivity contribution in [1.29, 1.82) is 0 Å². The summed E-state index contributed by atoms with van der Waals surface area (Å²) in [7, 11) is 0. The topological polar surface area (TPSA) is 42.0 Å². The van der Waals surface area contributed by atoms with Gasteiger partial charge in [0.15, 0.2) is 5.13 Å². The first-order valence-corrected chi connectivity index (χ1v) is 3.61. The van der Waals surface area contributed by atoms with Gasteiger partial charge in [0.25, 0.3) is 0 Å². The van der Waals surface area contributed by atoms with Crippen LogP contribution in [0, 0.1) is 13.8 Å². The molecule has 0 unspecified atom stereocenters. The summed E-state index contributed by atoms with van der Waals surface area (Å²) in [5, 5.41) is 4.96. The molecule has 0 fully saturated rings. The van der Waals surface area contributed by atoms with E-state index in [1.54, 1.807) is 0 Å². The summed E-state index contributed by atoms with van der Waals surface area (Å²) in [4.78, 5) is 14.4. The fourth-order valence-corrected chi connectivity index (χ4v) is 1.23. The molecule has 1 N–H and O–H groups in total. The monoisotopic (exact) mass is 155 g/mol. The van der Waals surface area contributed by atoms with Crippen LogP contribution in [0.3, 0.4) is 0 Å². The zero-order chi connectivity index (χ0) is 7.56. The summed E-state index contributed by atoms with van der Waals surface area (Å²) in [5.41, 5.74) is 0.911. The highest BCUT2D eigenvalue weighted by Crippen LogP contribution is 2.13. The van der Waals surface area contributed by atoms with E-state index in [0.29, 0.717) is 5.13 Å². The number of hydrogen-bond acceptors (Lipinski definition) is 3. The largest absolute Gasteiger partial charge is 0.302 e. The molecule has 1 radical (unpaired) electrons. The minimum Gasteiger partial charge on any atom is -0.302 e. The maximum absolute atomic E-state index is 10.4. The normalized spacial score (nSPS) is 9.40. The highest BCUT2D eigenvalue weighted by Gasteiger charge is 1.97. The number of hydrogen-bond donors (Lipinski definition) is 1. The summed E-state index contributed by atoms with van der Waals surface area (Å²) < 4.78 is 0. The maximum atomic E-state index is 10.4. The van der Waals surface area contributed by atoms with Crippen LogP contribution in [0.25, 0.3) is 0 Å². The molecule has 0 spiro atoms. The van der Waals surface area contributed by atoms with Crippen LogP contribution in [0.5, 0.6) is 0 Å². The Morgan fingerprint density at radius 1 is 1.90 bits per heavy atom. The number of thiazole rings is 1. The second-order valence-electron chi connectivity index (χ2n) is 1.84. The number of carbonyl (C=O) groups excluding carboxylic acids is 1. The van der Waals surface area contributed by atoms with Gasteiger partial charge >= 0.3 is 0 Å². The van der Waals surface area contributed by atoms with Gasteiger partial charge < -0.3 is 5.32 Å². The van der Waals surface area contributed by atoms with Gasteiger partial charge in [0, 0.05) is 12.3 Å². The Morgan fingerprint density at radius 3 is 3.00 bits per heavy atom. The molecule has 0 atom stereocenters. The summed E-state index contributed by atoms with van der Waals surface area (Å²) >= 11 is 1.39. The average Bonchev–Trinajstić information content (AvgIpc) is 2.13. The Bertz CT molecular complexity index is 244. The van der Waals surface area contributed by atoms with E-state index in [1.807, 2.05) is 12.3 Å². The molecular weight excluding hydrogens is 148 g/mol. The molecule has 1 amide bonds. The highest BCUT2D eigenvalue weighted by molar-refractivity contribution is 7.13. The van der Waals surface area contributed by atoms with Crippen molar-refractivity contribution < 1.29 is 4.79 Å². The molecule has 10 heavy (non-hydrogen) atoms. The molecular formula is C6H7N2OS. The second kappa shape index (κ2) is 2.79. The van der Waals surface area contributed by atoms with Crippen LogP contribution >= 0.6 is 11.3 Å². The molecule has 0 aliphatic heterocycles. The Balaban J connectivity index is 2.67. The molecule has 53 valence electrons. The number of rotatable bonds is 1. The van der Waals surface area contributed by atoms with E-state index < -0.39 is 0 Å². The van der Waals surface area contributed by atoms with Gasteiger partial charge in [-0.3, -0.25) is 4.79 Å². The summed E-state index contributed by atoms with van der Waals surface area (Å²) in [6.07, 6.45) is 0. The Kier molecular flexibility index (Phi) is 2.01. The van der Waals surface area contributed by atoms with Crippen LogP contribution < -0.4 is 5.32 Å². The quantitative estimate of drug-likeness (QED) is 0.662. The van der Waals surface area contributed by atoms with Crippen LogP contribution in [0.1, 0.15) is 5.69 Å². The highest BCUT2D eigenvalue weighted by atomic mass is 32.1. The van der Waals surface area contributed by atoms with E-state index in [0.717, 1.165) is 5.69 Å². The first-order chi connectivity index (χ1) is 4.68. The molecule has 0 saturated carbocycles. The van der Waals surface area contributed by atoms with Crippen molar-refractivity contribution in [2.24, 2.45) is 0 Å². The van der Waals surface area contributed by atoms with E-state index >= 15 is 0 Å². The van der Waals surface area contributed by atoms with Crippen LogP contribution in [-0.2, 0) is 4.79 Å². The minimum atomic E-state index is -0.325. The fourth-order valence-electron chi connectivity index (χ4n) is 0.531. The minimum absolute atomic E-state index is 0.325. The molecule has 0 bridgehead atoms. The lowest BCUT2D eigenvalue weighted by Gasteiger charge is -1.91. The molecule has 0 saturated heterocycles. The van der Waals surface area contributed by atoms with E-state index in [4.69, 9.17) is 0 Å². The van der Waals surface area contributed by atoms with Crippen molar-refractivity contribution in [3.05, 3.63) is 18.0 Å². The van der Waals surface area contributed by atoms with E-state index in [-0.39, 0.29) is 5.91 Å². The number of aryl methyl sites for hydroxylation is 1. The van der Waals surface area contributed by atoms with Crippen LogP contribution in [0.2, 0.25) is 0 Å². The maximum Gasteiger partial charge on any atom is 0.226 e. The van der Waals surface area contributed by atoms with Crippen molar-refractivity contribution in [2.45, 2.75) is 6.92 Å². The number of anilines is 1. The average molecular weight is 155 g/mol. The van der Waals surface area contributed by atoms with Crippen LogP contribution in [0.15, 0.2) is 5.38 Å². The number of aromatic nitrogens is 1. The van der Waals surface area contributed by atoms with Crippen LogP contribution in [-0.4, -0.2) is 10.9 Å². The van der Waals surface area contributed by atoms with Crippen molar-refractivity contribution in [1.82, 2.24) is 4.98 Å². The number of nitrogens with zero attached hydrogens (tertiary/aromatic N) is 1. The first-order valence-electron chi connectivity index (χ1n) is 2.73. The molecule has 1 aromatic heterocycles. The summed E-state index contributed by atoms with van der Waals surface area (Å²) in [6, 6.07) is 0. The van der Waals surface area contributed by atoms with Gasteiger partial charge in [-0.25, -0.2) is 4.98 Å². The molecule has 4 heteroatoms. The van der Waals surface area contributed by atoms with Crippen molar-refractivity contribution in [2.75, 3.05) is 5.32 Å². The Hall–Kier alpha value is -0.900. The number of amides is 1. The van der Waals surface area contributed by atoms with E-state index in [1.165, 1.54) is 11.3 Å². The fraction of sp³-hybridized carbons (Fsp3) is 0.167. The Morgan fingerprint density at radius 2 is 2.60 bits per heavy atom. The summed E-state index contributed by atoms with van der Waals surface area (Å²) in [5.74, 6) is -0.325. The van der Waals surface area contributed by atoms with Crippen molar-refractivity contribution in [3.63, 3.8) is 0 Å². The number of carbonyl (C=O) groups is 1. The smallest absolute Gasteiger partial charge is 0.226 e. The second-order valence-corrected chi connectivity index (χ2v) is 2.70. The SMILES string of the molecule is [CH2]C(=O)Nc1nc(C)cs1. The summed E-state index contributed by atoms with van der Waals surface area (Å²) in [6.45, 7) is 5.03. The van der Waals surface area contributed by atoms with Crippen molar-refractivity contribution in [3.8, 4) is 0 Å². The Labute approximate surface area is 63.1 Å². The molecule has 1 rings (SSSR count). The first kappa shape index (κ1) is 7.21. The molecule has 0 aliphatic rings. The molecule has 1 aromatic rings. The van der Waals surface area contributed by atoms with Gasteiger partial charge in [0.2, 0.25) is 5.91 Å². The zero-order valence-electron chi connectivity index (χ0n) is 5.55. The van der Waals surface area contributed by atoms with Crippen LogP contribution in [0.4, 0.5) is 5.13 Å². The number of nitrogens with one attached hydrogen (secondary N) is 1.